The van der Waals surface area contributed by atoms with Gasteiger partial charge in [0.05, 0.1) is 5.69 Å². The molecule has 0 spiro atoms. The van der Waals surface area contributed by atoms with Crippen molar-refractivity contribution in [3.8, 4) is 11.3 Å². The number of aromatic nitrogens is 3. The fourth-order valence-corrected chi connectivity index (χ4v) is 3.56. The van der Waals surface area contributed by atoms with Crippen LogP contribution in [0.15, 0.2) is 36.8 Å². The van der Waals surface area contributed by atoms with Gasteiger partial charge in [-0.25, -0.2) is 19.2 Å². The van der Waals surface area contributed by atoms with Gasteiger partial charge in [-0.05, 0) is 43.5 Å². The van der Waals surface area contributed by atoms with Gasteiger partial charge in [-0.1, -0.05) is 0 Å². The van der Waals surface area contributed by atoms with Crippen molar-refractivity contribution in [2.45, 2.75) is 26.2 Å². The fraction of sp³-hybridized carbons (Fsp3) is 0.364. The molecule has 31 heavy (non-hydrogen) atoms. The zero-order valence-electron chi connectivity index (χ0n) is 17.3. The molecule has 0 radical (unpaired) electrons. The van der Waals surface area contributed by atoms with E-state index in [-0.39, 0.29) is 30.4 Å². The first-order valence-electron chi connectivity index (χ1n) is 10.3. The number of urea groups is 1. The molecule has 1 saturated heterocycles. The Labute approximate surface area is 179 Å². The summed E-state index contributed by atoms with van der Waals surface area (Å²) >= 11 is 0. The summed E-state index contributed by atoms with van der Waals surface area (Å²) in [5.74, 6) is -0.104. The molecule has 0 aliphatic carbocycles. The van der Waals surface area contributed by atoms with Crippen molar-refractivity contribution in [3.63, 3.8) is 0 Å². The summed E-state index contributed by atoms with van der Waals surface area (Å²) in [6.45, 7) is 3.84. The number of imidazole rings is 1. The Balaban J connectivity index is 1.54. The Hall–Kier alpha value is -3.33. The van der Waals surface area contributed by atoms with Crippen LogP contribution in [0.3, 0.4) is 0 Å². The van der Waals surface area contributed by atoms with Gasteiger partial charge in [0.1, 0.15) is 12.4 Å². The number of hydrogen-bond acceptors (Lipinski definition) is 5. The van der Waals surface area contributed by atoms with Gasteiger partial charge in [-0.15, -0.1) is 0 Å². The molecule has 2 aromatic heterocycles. The number of halogens is 1. The van der Waals surface area contributed by atoms with Crippen LogP contribution in [0.4, 0.5) is 14.9 Å². The smallest absolute Gasteiger partial charge is 0.321 e. The minimum Gasteiger partial charge on any atom is -0.374 e. The van der Waals surface area contributed by atoms with Gasteiger partial charge in [0, 0.05) is 56.0 Å². The summed E-state index contributed by atoms with van der Waals surface area (Å²) < 4.78 is 21.3. The van der Waals surface area contributed by atoms with Crippen LogP contribution in [0.1, 0.15) is 25.3 Å². The maximum atomic E-state index is 14.5. The number of carbonyl (C=O) groups is 2. The van der Waals surface area contributed by atoms with Crippen LogP contribution in [0.25, 0.3) is 17.0 Å². The van der Waals surface area contributed by atoms with Crippen LogP contribution in [-0.2, 0) is 16.0 Å². The monoisotopic (exact) mass is 425 g/mol. The number of ether oxygens (including phenoxy) is 1. The van der Waals surface area contributed by atoms with Crippen LogP contribution >= 0.6 is 0 Å². The molecule has 1 N–H and O–H groups in total. The molecule has 0 unspecified atom stereocenters. The SMILES string of the molecule is CCOCC(=O)Cc1cnc2nc(-c3cc(NC(=O)N4CCCC4)ccc3F)cn2c1. The molecular weight excluding hydrogens is 401 g/mol. The van der Waals surface area contributed by atoms with E-state index in [4.69, 9.17) is 4.74 Å². The highest BCUT2D eigenvalue weighted by molar-refractivity contribution is 5.90. The molecule has 162 valence electrons. The van der Waals surface area contributed by atoms with E-state index in [1.807, 2.05) is 6.92 Å². The number of nitrogens with one attached hydrogen (secondary N) is 1. The maximum Gasteiger partial charge on any atom is 0.321 e. The molecular formula is C22H24FN5O3. The van der Waals surface area contributed by atoms with Crippen LogP contribution in [-0.4, -0.2) is 57.4 Å². The third kappa shape index (κ3) is 4.88. The van der Waals surface area contributed by atoms with E-state index in [0.717, 1.165) is 25.9 Å². The van der Waals surface area contributed by atoms with E-state index in [1.54, 1.807) is 34.0 Å². The second kappa shape index (κ2) is 9.22. The molecule has 1 aromatic carbocycles. The predicted octanol–water partition coefficient (Wildman–Crippen LogP) is 3.31. The van der Waals surface area contributed by atoms with Crippen molar-refractivity contribution in [3.05, 3.63) is 48.2 Å². The molecule has 1 fully saturated rings. The highest BCUT2D eigenvalue weighted by atomic mass is 19.1. The van der Waals surface area contributed by atoms with Crippen molar-refractivity contribution in [1.29, 1.82) is 0 Å². The number of hydrogen-bond donors (Lipinski definition) is 1. The average Bonchev–Trinajstić information content (AvgIpc) is 3.43. The standard InChI is InChI=1S/C22H24FN5O3/c1-2-31-14-17(29)9-15-11-24-21-26-20(13-28(21)12-15)18-10-16(5-6-19(18)23)25-22(30)27-7-3-4-8-27/h5-6,10-13H,2-4,7-9,14H2,1H3,(H,25,30). The fourth-order valence-electron chi connectivity index (χ4n) is 3.56. The molecule has 3 heterocycles. The lowest BCUT2D eigenvalue weighted by atomic mass is 10.1. The number of likely N-dealkylation sites (tertiary alicyclic amines) is 1. The molecule has 0 bridgehead atoms. The first-order valence-corrected chi connectivity index (χ1v) is 10.3. The summed E-state index contributed by atoms with van der Waals surface area (Å²) in [6.07, 6.45) is 7.18. The Kier molecular flexibility index (Phi) is 6.22. The number of nitrogens with zero attached hydrogens (tertiary/aromatic N) is 4. The van der Waals surface area contributed by atoms with Crippen LogP contribution in [0, 0.1) is 5.82 Å². The number of rotatable bonds is 7. The van der Waals surface area contributed by atoms with E-state index >= 15 is 0 Å². The lowest BCUT2D eigenvalue weighted by Gasteiger charge is -2.16. The number of amides is 2. The molecule has 1 aliphatic rings. The second-order valence-electron chi connectivity index (χ2n) is 7.47. The van der Waals surface area contributed by atoms with Crippen molar-refractivity contribution < 1.29 is 18.7 Å². The van der Waals surface area contributed by atoms with E-state index < -0.39 is 5.82 Å². The van der Waals surface area contributed by atoms with Crippen molar-refractivity contribution in [1.82, 2.24) is 19.3 Å². The Morgan fingerprint density at radius 3 is 2.81 bits per heavy atom. The molecule has 0 saturated carbocycles. The normalized spacial score (nSPS) is 13.7. The first kappa shape index (κ1) is 20.9. The topological polar surface area (TPSA) is 88.8 Å². The average molecular weight is 425 g/mol. The number of carbonyl (C=O) groups excluding carboxylic acids is 2. The van der Waals surface area contributed by atoms with Crippen molar-refractivity contribution >= 4 is 23.3 Å². The maximum absolute atomic E-state index is 14.5. The molecule has 0 atom stereocenters. The van der Waals surface area contributed by atoms with Gasteiger partial charge >= 0.3 is 6.03 Å². The lowest BCUT2D eigenvalue weighted by Crippen LogP contribution is -2.32. The quantitative estimate of drug-likeness (QED) is 0.627. The highest BCUT2D eigenvalue weighted by Crippen LogP contribution is 2.26. The lowest BCUT2D eigenvalue weighted by molar-refractivity contribution is -0.122. The third-order valence-corrected chi connectivity index (χ3v) is 5.12. The Bertz CT molecular complexity index is 1110. The second-order valence-corrected chi connectivity index (χ2v) is 7.47. The Morgan fingerprint density at radius 2 is 2.03 bits per heavy atom. The summed E-state index contributed by atoms with van der Waals surface area (Å²) in [5, 5.41) is 2.82. The summed E-state index contributed by atoms with van der Waals surface area (Å²) in [4.78, 5) is 34.7. The van der Waals surface area contributed by atoms with E-state index in [9.17, 15) is 14.0 Å². The zero-order valence-corrected chi connectivity index (χ0v) is 17.3. The van der Waals surface area contributed by atoms with Gasteiger partial charge in [-0.3, -0.25) is 9.20 Å². The van der Waals surface area contributed by atoms with Crippen molar-refractivity contribution in [2.24, 2.45) is 0 Å². The molecule has 3 aromatic rings. The summed E-state index contributed by atoms with van der Waals surface area (Å²) in [6, 6.07) is 4.22. The number of ketones is 1. The van der Waals surface area contributed by atoms with E-state index in [0.29, 0.717) is 29.3 Å². The summed E-state index contributed by atoms with van der Waals surface area (Å²) in [7, 11) is 0. The number of fused-ring (bicyclic) bond motifs is 1. The van der Waals surface area contributed by atoms with Gasteiger partial charge in [0.15, 0.2) is 5.78 Å². The Morgan fingerprint density at radius 1 is 1.23 bits per heavy atom. The molecule has 1 aliphatic heterocycles. The molecule has 4 rings (SSSR count). The highest BCUT2D eigenvalue weighted by Gasteiger charge is 2.19. The minimum absolute atomic E-state index is 0.0455. The van der Waals surface area contributed by atoms with Crippen LogP contribution < -0.4 is 5.32 Å². The minimum atomic E-state index is -0.449. The van der Waals surface area contributed by atoms with Gasteiger partial charge in [0.25, 0.3) is 0 Å². The molecule has 8 nitrogen and oxygen atoms in total. The largest absolute Gasteiger partial charge is 0.374 e. The van der Waals surface area contributed by atoms with E-state index in [1.165, 1.54) is 12.1 Å². The third-order valence-electron chi connectivity index (χ3n) is 5.12. The zero-order chi connectivity index (χ0) is 21.8. The number of anilines is 1. The first-order chi connectivity index (χ1) is 15.0. The van der Waals surface area contributed by atoms with Gasteiger partial charge < -0.3 is 15.0 Å². The van der Waals surface area contributed by atoms with Gasteiger partial charge in [-0.2, -0.15) is 0 Å². The predicted molar refractivity (Wildman–Crippen MR) is 113 cm³/mol. The number of Topliss-reactive ketones (excluding diaryl/α,β-unsaturated/α-hetero) is 1. The van der Waals surface area contributed by atoms with Crippen LogP contribution in [0.5, 0.6) is 0 Å². The molecule has 9 heteroatoms. The summed E-state index contributed by atoms with van der Waals surface area (Å²) in [5.41, 5.74) is 1.87. The van der Waals surface area contributed by atoms with Gasteiger partial charge in [0.2, 0.25) is 5.78 Å². The van der Waals surface area contributed by atoms with Crippen LogP contribution in [0.2, 0.25) is 0 Å². The number of benzene rings is 1. The van der Waals surface area contributed by atoms with E-state index in [2.05, 4.69) is 15.3 Å². The molecule has 2 amide bonds. The van der Waals surface area contributed by atoms with Crippen molar-refractivity contribution in [2.75, 3.05) is 31.6 Å².